The number of allylic oxidation sites excluding steroid dienone is 2. The van der Waals surface area contributed by atoms with E-state index in [0.717, 1.165) is 48.6 Å². The third-order valence-corrected chi connectivity index (χ3v) is 7.03. The van der Waals surface area contributed by atoms with E-state index in [0.29, 0.717) is 6.42 Å². The summed E-state index contributed by atoms with van der Waals surface area (Å²) >= 11 is 5.26. The van der Waals surface area contributed by atoms with Gasteiger partial charge in [-0.1, -0.05) is 13.8 Å². The SMILES string of the molecule is CC1(C)CC(=O)C2=C(C1)Nc1ccc3nccnc3c1C2c1ccc(Br)s1. The molecule has 1 unspecified atom stereocenters. The molecule has 4 nitrogen and oxygen atoms in total. The van der Waals surface area contributed by atoms with Gasteiger partial charge in [-0.2, -0.15) is 0 Å². The number of hydrogen-bond acceptors (Lipinski definition) is 5. The normalized spacial score (nSPS) is 21.0. The van der Waals surface area contributed by atoms with Crippen molar-refractivity contribution < 1.29 is 4.79 Å². The third kappa shape index (κ3) is 2.74. The minimum atomic E-state index is -0.100. The van der Waals surface area contributed by atoms with Crippen LogP contribution in [0.15, 0.2) is 51.7 Å². The second-order valence-corrected chi connectivity index (χ2v) is 10.5. The summed E-state index contributed by atoms with van der Waals surface area (Å²) in [5.41, 5.74) is 5.73. The van der Waals surface area contributed by atoms with Crippen LogP contribution in [-0.2, 0) is 4.79 Å². The summed E-state index contributed by atoms with van der Waals surface area (Å²) in [6.45, 7) is 4.32. The Balaban J connectivity index is 1.82. The van der Waals surface area contributed by atoms with Crippen LogP contribution in [0.3, 0.4) is 0 Å². The number of aromatic nitrogens is 2. The number of benzene rings is 1. The molecule has 0 radical (unpaired) electrons. The van der Waals surface area contributed by atoms with Crippen LogP contribution in [0.25, 0.3) is 11.0 Å². The molecule has 6 heteroatoms. The maximum absolute atomic E-state index is 13.2. The first kappa shape index (κ1) is 17.1. The summed E-state index contributed by atoms with van der Waals surface area (Å²) in [5, 5.41) is 3.57. The Morgan fingerprint density at radius 3 is 2.74 bits per heavy atom. The zero-order valence-electron chi connectivity index (χ0n) is 15.0. The fourth-order valence-electron chi connectivity index (χ4n) is 4.32. The molecule has 3 heterocycles. The first-order chi connectivity index (χ1) is 12.9. The zero-order chi connectivity index (χ0) is 18.8. The average Bonchev–Trinajstić information content (AvgIpc) is 3.04. The van der Waals surface area contributed by atoms with Crippen molar-refractivity contribution in [2.75, 3.05) is 5.32 Å². The predicted molar refractivity (Wildman–Crippen MR) is 112 cm³/mol. The highest BCUT2D eigenvalue weighted by Gasteiger charge is 2.41. The van der Waals surface area contributed by atoms with Gasteiger partial charge in [0.15, 0.2) is 5.78 Å². The van der Waals surface area contributed by atoms with Crippen molar-refractivity contribution in [3.63, 3.8) is 0 Å². The maximum Gasteiger partial charge on any atom is 0.162 e. The highest BCUT2D eigenvalue weighted by atomic mass is 79.9. The van der Waals surface area contributed by atoms with Gasteiger partial charge in [-0.3, -0.25) is 14.8 Å². The topological polar surface area (TPSA) is 54.9 Å². The fraction of sp³-hybridized carbons (Fsp3) is 0.286. The molecule has 27 heavy (non-hydrogen) atoms. The number of halogens is 1. The average molecular weight is 440 g/mol. The van der Waals surface area contributed by atoms with Crippen LogP contribution in [0.2, 0.25) is 0 Å². The quantitative estimate of drug-likeness (QED) is 0.531. The van der Waals surface area contributed by atoms with Crippen LogP contribution in [0.1, 0.15) is 43.0 Å². The van der Waals surface area contributed by atoms with E-state index in [1.807, 2.05) is 6.07 Å². The van der Waals surface area contributed by atoms with Crippen LogP contribution in [0, 0.1) is 5.41 Å². The number of hydrogen-bond donors (Lipinski definition) is 1. The number of carbonyl (C=O) groups excluding carboxylic acids is 1. The van der Waals surface area contributed by atoms with Gasteiger partial charge in [-0.25, -0.2) is 0 Å². The van der Waals surface area contributed by atoms with Gasteiger partial charge in [0.2, 0.25) is 0 Å². The van der Waals surface area contributed by atoms with Gasteiger partial charge in [0.05, 0.1) is 20.7 Å². The van der Waals surface area contributed by atoms with Gasteiger partial charge in [0, 0.05) is 46.2 Å². The number of ketones is 1. The van der Waals surface area contributed by atoms with E-state index in [1.165, 1.54) is 0 Å². The Bertz CT molecular complexity index is 1130. The molecule has 0 spiro atoms. The highest BCUT2D eigenvalue weighted by molar-refractivity contribution is 9.11. The lowest BCUT2D eigenvalue weighted by Crippen LogP contribution is -2.33. The molecule has 2 aromatic heterocycles. The molecule has 0 bridgehead atoms. The van der Waals surface area contributed by atoms with E-state index in [1.54, 1.807) is 23.7 Å². The Hall–Kier alpha value is -2.05. The lowest BCUT2D eigenvalue weighted by Gasteiger charge is -2.39. The predicted octanol–water partition coefficient (Wildman–Crippen LogP) is 5.65. The first-order valence-electron chi connectivity index (χ1n) is 8.95. The van der Waals surface area contributed by atoms with E-state index in [2.05, 4.69) is 63.3 Å². The van der Waals surface area contributed by atoms with Gasteiger partial charge in [0.1, 0.15) is 0 Å². The van der Waals surface area contributed by atoms with E-state index >= 15 is 0 Å². The van der Waals surface area contributed by atoms with E-state index < -0.39 is 0 Å². The van der Waals surface area contributed by atoms with Gasteiger partial charge >= 0.3 is 0 Å². The van der Waals surface area contributed by atoms with Crippen molar-refractivity contribution >= 4 is 49.8 Å². The summed E-state index contributed by atoms with van der Waals surface area (Å²) in [5.74, 6) is 0.131. The largest absolute Gasteiger partial charge is 0.358 e. The van der Waals surface area contributed by atoms with Gasteiger partial charge < -0.3 is 5.32 Å². The number of carbonyl (C=O) groups is 1. The van der Waals surface area contributed by atoms with Gasteiger partial charge in [-0.15, -0.1) is 11.3 Å². The maximum atomic E-state index is 13.2. The number of fused-ring (bicyclic) bond motifs is 3. The van der Waals surface area contributed by atoms with Crippen LogP contribution >= 0.6 is 27.3 Å². The zero-order valence-corrected chi connectivity index (χ0v) is 17.4. The van der Waals surface area contributed by atoms with Crippen LogP contribution in [0.4, 0.5) is 5.69 Å². The molecule has 3 aromatic rings. The number of thiophene rings is 1. The second kappa shape index (κ2) is 5.97. The Labute approximate surface area is 169 Å². The van der Waals surface area contributed by atoms with Crippen LogP contribution in [-0.4, -0.2) is 15.8 Å². The van der Waals surface area contributed by atoms with Gasteiger partial charge in [-0.05, 0) is 52.0 Å². The Kier molecular flexibility index (Phi) is 3.78. The number of Topliss-reactive ketones (excluding diaryl/α,β-unsaturated/α-hetero) is 1. The lowest BCUT2D eigenvalue weighted by atomic mass is 9.70. The number of nitrogens with one attached hydrogen (secondary N) is 1. The second-order valence-electron chi connectivity index (χ2n) is 7.98. The molecule has 2 aliphatic rings. The monoisotopic (exact) mass is 439 g/mol. The summed E-state index contributed by atoms with van der Waals surface area (Å²) in [7, 11) is 0. The molecular formula is C21H18BrN3OS. The molecule has 1 aliphatic heterocycles. The molecule has 1 N–H and O–H groups in total. The van der Waals surface area contributed by atoms with E-state index in [9.17, 15) is 4.79 Å². The molecule has 0 amide bonds. The van der Waals surface area contributed by atoms with Crippen molar-refractivity contribution in [2.45, 2.75) is 32.6 Å². The minimum Gasteiger partial charge on any atom is -0.358 e. The van der Waals surface area contributed by atoms with Crippen molar-refractivity contribution in [3.8, 4) is 0 Å². The number of anilines is 1. The molecule has 1 aromatic carbocycles. The molecule has 5 rings (SSSR count). The summed E-state index contributed by atoms with van der Waals surface area (Å²) in [6, 6.07) is 8.23. The van der Waals surface area contributed by atoms with Crippen molar-refractivity contribution in [2.24, 2.45) is 5.41 Å². The molecular weight excluding hydrogens is 422 g/mol. The molecule has 0 saturated heterocycles. The van der Waals surface area contributed by atoms with Crippen molar-refractivity contribution in [1.82, 2.24) is 9.97 Å². The molecule has 136 valence electrons. The number of rotatable bonds is 1. The van der Waals surface area contributed by atoms with Crippen molar-refractivity contribution in [1.29, 1.82) is 0 Å². The third-order valence-electron chi connectivity index (χ3n) is 5.34. The van der Waals surface area contributed by atoms with Crippen LogP contribution in [0.5, 0.6) is 0 Å². The first-order valence-corrected chi connectivity index (χ1v) is 10.6. The Morgan fingerprint density at radius 1 is 1.15 bits per heavy atom. The summed E-state index contributed by atoms with van der Waals surface area (Å²) < 4.78 is 1.06. The van der Waals surface area contributed by atoms with Gasteiger partial charge in [0.25, 0.3) is 0 Å². The lowest BCUT2D eigenvalue weighted by molar-refractivity contribution is -0.118. The fourth-order valence-corrected chi connectivity index (χ4v) is 5.86. The molecule has 0 fully saturated rings. The highest BCUT2D eigenvalue weighted by Crippen LogP contribution is 2.51. The smallest absolute Gasteiger partial charge is 0.162 e. The standard InChI is InChI=1S/C21H18BrN3OS/c1-21(2)9-13-17(14(26)10-21)19(15-5-6-16(22)27-15)18-11(25-13)3-4-12-20(18)24-8-7-23-12/h3-8,19,25H,9-10H2,1-2H3. The Morgan fingerprint density at radius 2 is 1.96 bits per heavy atom. The van der Waals surface area contributed by atoms with Crippen LogP contribution < -0.4 is 5.32 Å². The van der Waals surface area contributed by atoms with Crippen molar-refractivity contribution in [3.05, 3.63) is 62.2 Å². The number of nitrogens with zero attached hydrogens (tertiary/aromatic N) is 2. The summed E-state index contributed by atoms with van der Waals surface area (Å²) in [4.78, 5) is 23.5. The minimum absolute atomic E-state index is 0.0301. The molecule has 1 atom stereocenters. The van der Waals surface area contributed by atoms with E-state index in [-0.39, 0.29) is 17.1 Å². The van der Waals surface area contributed by atoms with E-state index in [4.69, 9.17) is 0 Å². The molecule has 1 aliphatic carbocycles. The molecule has 0 saturated carbocycles. The summed E-state index contributed by atoms with van der Waals surface area (Å²) in [6.07, 6.45) is 4.87.